The molecule has 1 fully saturated rings. The van der Waals surface area contributed by atoms with Crippen molar-refractivity contribution in [1.29, 1.82) is 0 Å². The van der Waals surface area contributed by atoms with Crippen molar-refractivity contribution < 1.29 is 19.1 Å². The highest BCUT2D eigenvalue weighted by Crippen LogP contribution is 2.40. The number of ether oxygens (including phenoxy) is 2. The Balaban J connectivity index is 1.57. The maximum Gasteiger partial charge on any atom is 0.309 e. The number of benzene rings is 1. The molecule has 30 heavy (non-hydrogen) atoms. The highest BCUT2D eigenvalue weighted by Gasteiger charge is 2.45. The number of hydrogen-bond donors (Lipinski definition) is 0. The summed E-state index contributed by atoms with van der Waals surface area (Å²) in [4.78, 5) is 27.4. The quantitative estimate of drug-likeness (QED) is 0.655. The van der Waals surface area contributed by atoms with Crippen molar-refractivity contribution in [2.45, 2.75) is 40.2 Å². The highest BCUT2D eigenvalue weighted by atomic mass is 16.5. The van der Waals surface area contributed by atoms with Gasteiger partial charge in [-0.25, -0.2) is 0 Å². The Labute approximate surface area is 177 Å². The molecule has 1 aromatic carbocycles. The number of aryl methyl sites for hydroxylation is 2. The summed E-state index contributed by atoms with van der Waals surface area (Å²) >= 11 is 0. The van der Waals surface area contributed by atoms with Gasteiger partial charge in [0.1, 0.15) is 5.75 Å². The first-order valence-corrected chi connectivity index (χ1v) is 10.6. The van der Waals surface area contributed by atoms with Crippen molar-refractivity contribution >= 4 is 11.9 Å². The van der Waals surface area contributed by atoms with E-state index in [1.807, 2.05) is 55.6 Å². The van der Waals surface area contributed by atoms with Crippen LogP contribution in [0.5, 0.6) is 5.75 Å². The fraction of sp³-hybridized carbons (Fsp3) is 0.522. The molecule has 0 unspecified atom stereocenters. The van der Waals surface area contributed by atoms with Crippen LogP contribution in [0.2, 0.25) is 0 Å². The highest BCUT2D eigenvalue weighted by molar-refractivity contribution is 5.94. The van der Waals surface area contributed by atoms with Gasteiger partial charge in [0.05, 0.1) is 24.8 Å². The number of fused-ring (bicyclic) bond motifs is 1. The normalized spacial score (nSPS) is 19.2. The van der Waals surface area contributed by atoms with Gasteiger partial charge in [0.25, 0.3) is 5.91 Å². The number of carbonyl (C=O) groups excluding carboxylic acids is 2. The molecular formula is C23H29N3O4. The molecule has 1 aliphatic carbocycles. The summed E-state index contributed by atoms with van der Waals surface area (Å²) in [5.41, 5.74) is 4.76. The largest absolute Gasteiger partial charge is 0.493 e. The fourth-order valence-corrected chi connectivity index (χ4v) is 4.23. The topological polar surface area (TPSA) is 73.7 Å². The molecule has 2 heterocycles. The van der Waals surface area contributed by atoms with Crippen LogP contribution in [-0.2, 0) is 29.5 Å². The molecule has 1 aromatic heterocycles. The summed E-state index contributed by atoms with van der Waals surface area (Å²) in [5, 5.41) is 4.49. The van der Waals surface area contributed by atoms with E-state index in [2.05, 4.69) is 5.10 Å². The predicted octanol–water partition coefficient (Wildman–Crippen LogP) is 2.81. The van der Waals surface area contributed by atoms with Crippen molar-refractivity contribution in [3.8, 4) is 5.75 Å². The molecule has 160 valence electrons. The Morgan fingerprint density at radius 2 is 2.13 bits per heavy atom. The summed E-state index contributed by atoms with van der Waals surface area (Å²) in [5.74, 6) is 0.717. The molecule has 0 bridgehead atoms. The average molecular weight is 412 g/mol. The Morgan fingerprint density at radius 3 is 2.83 bits per heavy atom. The first-order valence-electron chi connectivity index (χ1n) is 10.6. The number of esters is 1. The second-order valence-electron chi connectivity index (χ2n) is 8.23. The van der Waals surface area contributed by atoms with Crippen molar-refractivity contribution in [2.75, 3.05) is 19.8 Å². The van der Waals surface area contributed by atoms with Gasteiger partial charge in [-0.2, -0.15) is 5.10 Å². The van der Waals surface area contributed by atoms with Gasteiger partial charge in [0.2, 0.25) is 0 Å². The van der Waals surface area contributed by atoms with Crippen molar-refractivity contribution in [3.05, 3.63) is 46.3 Å². The Morgan fingerprint density at radius 1 is 1.33 bits per heavy atom. The maximum absolute atomic E-state index is 13.5. The Bertz CT molecular complexity index is 981. The Kier molecular flexibility index (Phi) is 5.54. The monoisotopic (exact) mass is 411 g/mol. The lowest BCUT2D eigenvalue weighted by Crippen LogP contribution is -2.33. The zero-order chi connectivity index (χ0) is 21.4. The van der Waals surface area contributed by atoms with E-state index in [-0.39, 0.29) is 23.7 Å². The van der Waals surface area contributed by atoms with E-state index in [1.54, 1.807) is 0 Å². The number of nitrogens with zero attached hydrogens (tertiary/aromatic N) is 3. The second-order valence-corrected chi connectivity index (χ2v) is 8.23. The van der Waals surface area contributed by atoms with E-state index >= 15 is 0 Å². The Hall–Kier alpha value is -2.83. The van der Waals surface area contributed by atoms with E-state index in [1.165, 1.54) is 0 Å². The zero-order valence-corrected chi connectivity index (χ0v) is 18.1. The molecule has 1 amide bonds. The first-order chi connectivity index (χ1) is 14.4. The van der Waals surface area contributed by atoms with E-state index in [0.717, 1.165) is 41.1 Å². The van der Waals surface area contributed by atoms with Crippen molar-refractivity contribution in [3.63, 3.8) is 0 Å². The van der Waals surface area contributed by atoms with E-state index in [9.17, 15) is 9.59 Å². The third kappa shape index (κ3) is 3.93. The van der Waals surface area contributed by atoms with Gasteiger partial charge in [-0.1, -0.05) is 0 Å². The van der Waals surface area contributed by atoms with Gasteiger partial charge in [-0.3, -0.25) is 14.3 Å². The molecule has 2 atom stereocenters. The minimum atomic E-state index is -0.154. The molecule has 7 heteroatoms. The lowest BCUT2D eigenvalue weighted by molar-refractivity contribution is -0.145. The molecule has 2 aliphatic rings. The fourth-order valence-electron chi connectivity index (χ4n) is 4.23. The first kappa shape index (κ1) is 20.4. The van der Waals surface area contributed by atoms with Crippen LogP contribution in [0, 0.1) is 25.7 Å². The van der Waals surface area contributed by atoms with Crippen molar-refractivity contribution in [1.82, 2.24) is 14.7 Å². The molecule has 4 rings (SSSR count). The third-order valence-corrected chi connectivity index (χ3v) is 6.20. The van der Waals surface area contributed by atoms with Gasteiger partial charge in [-0.05, 0) is 56.9 Å². The summed E-state index contributed by atoms with van der Waals surface area (Å²) in [6, 6.07) is 5.65. The molecule has 0 radical (unpaired) electrons. The SMILES string of the molecule is CCOC(=O)[C@@H]1C[C@@H]1CN(Cc1c(C)nn(C)c1C)C(=O)c1ccc2c(c1)CCO2. The minimum absolute atomic E-state index is 0.0261. The zero-order valence-electron chi connectivity index (χ0n) is 18.1. The lowest BCUT2D eigenvalue weighted by atomic mass is 10.1. The van der Waals surface area contributed by atoms with Crippen LogP contribution in [0.25, 0.3) is 0 Å². The number of carbonyl (C=O) groups is 2. The van der Waals surface area contributed by atoms with Crippen molar-refractivity contribution in [2.24, 2.45) is 18.9 Å². The van der Waals surface area contributed by atoms with Crippen LogP contribution in [0.4, 0.5) is 0 Å². The van der Waals surface area contributed by atoms with Crippen LogP contribution in [0.3, 0.4) is 0 Å². The molecular weight excluding hydrogens is 382 g/mol. The van der Waals surface area contributed by atoms with Crippen LogP contribution in [0.15, 0.2) is 18.2 Å². The summed E-state index contributed by atoms with van der Waals surface area (Å²) in [6.07, 6.45) is 1.59. The van der Waals surface area contributed by atoms with Gasteiger partial charge < -0.3 is 14.4 Å². The summed E-state index contributed by atoms with van der Waals surface area (Å²) in [7, 11) is 1.91. The van der Waals surface area contributed by atoms with Crippen LogP contribution in [-0.4, -0.2) is 46.3 Å². The van der Waals surface area contributed by atoms with Gasteiger partial charge in [0, 0.05) is 43.4 Å². The number of rotatable bonds is 7. The second kappa shape index (κ2) is 8.13. The van der Waals surface area contributed by atoms with Gasteiger partial charge in [0.15, 0.2) is 0 Å². The van der Waals surface area contributed by atoms with E-state index < -0.39 is 0 Å². The van der Waals surface area contributed by atoms with Crippen LogP contribution in [0.1, 0.15) is 46.2 Å². The standard InChI is InChI=1S/C23H29N3O4/c1-5-29-23(28)19-11-18(19)12-26(13-20-14(2)24-25(4)15(20)3)22(27)17-6-7-21-16(10-17)8-9-30-21/h6-7,10,18-19H,5,8-9,11-13H2,1-4H3/t18-,19-/m1/s1. The maximum atomic E-state index is 13.5. The predicted molar refractivity (Wildman–Crippen MR) is 111 cm³/mol. The van der Waals surface area contributed by atoms with Crippen LogP contribution < -0.4 is 4.74 Å². The molecule has 1 saturated carbocycles. The van der Waals surface area contributed by atoms with Gasteiger partial charge in [-0.15, -0.1) is 0 Å². The number of amides is 1. The average Bonchev–Trinajstić information content (AvgIpc) is 3.26. The molecule has 7 nitrogen and oxygen atoms in total. The van der Waals surface area contributed by atoms with Crippen LogP contribution >= 0.6 is 0 Å². The minimum Gasteiger partial charge on any atom is -0.493 e. The van der Waals surface area contributed by atoms with Gasteiger partial charge >= 0.3 is 5.97 Å². The lowest BCUT2D eigenvalue weighted by Gasteiger charge is -2.24. The third-order valence-electron chi connectivity index (χ3n) is 6.20. The molecule has 2 aromatic rings. The number of hydrogen-bond acceptors (Lipinski definition) is 5. The van der Waals surface area contributed by atoms with E-state index in [4.69, 9.17) is 9.47 Å². The molecule has 1 aliphatic heterocycles. The molecule has 0 N–H and O–H groups in total. The van der Waals surface area contributed by atoms with E-state index in [0.29, 0.717) is 31.9 Å². The summed E-state index contributed by atoms with van der Waals surface area (Å²) < 4.78 is 12.6. The molecule has 0 spiro atoms. The smallest absolute Gasteiger partial charge is 0.309 e. The number of aromatic nitrogens is 2. The summed E-state index contributed by atoms with van der Waals surface area (Å²) in [6.45, 7) is 7.86. The molecule has 0 saturated heterocycles.